The molecule has 0 bridgehead atoms. The molecule has 0 saturated heterocycles. The minimum atomic E-state index is 0.115. The molecule has 0 spiro atoms. The lowest BCUT2D eigenvalue weighted by Gasteiger charge is -2.10. The molecule has 0 heterocycles. The van der Waals surface area contributed by atoms with E-state index in [9.17, 15) is 4.79 Å². The van der Waals surface area contributed by atoms with Crippen LogP contribution >= 0.6 is 0 Å². The van der Waals surface area contributed by atoms with Gasteiger partial charge < -0.3 is 10.1 Å². The number of rotatable bonds is 6. The van der Waals surface area contributed by atoms with Crippen molar-refractivity contribution in [3.8, 4) is 5.75 Å². The number of benzene rings is 1. The molecule has 102 valence electrons. The quantitative estimate of drug-likeness (QED) is 0.630. The number of amides is 1. The van der Waals surface area contributed by atoms with Crippen LogP contribution < -0.4 is 10.1 Å². The van der Waals surface area contributed by atoms with E-state index in [1.54, 1.807) is 0 Å². The number of carbonyl (C=O) groups is 1. The molecule has 1 aromatic rings. The summed E-state index contributed by atoms with van der Waals surface area (Å²) in [6.45, 7) is 3.11. The SMILES string of the molecule is Cc1ccc(OCCNC(=O)CC2C=CCC2)cc1. The van der Waals surface area contributed by atoms with Gasteiger partial charge in [-0.25, -0.2) is 0 Å². The molecule has 1 aliphatic rings. The van der Waals surface area contributed by atoms with Gasteiger partial charge in [0.25, 0.3) is 0 Å². The van der Waals surface area contributed by atoms with Crippen LogP contribution in [-0.2, 0) is 4.79 Å². The lowest BCUT2D eigenvalue weighted by Crippen LogP contribution is -2.29. The Kier molecular flexibility index (Phi) is 5.01. The molecule has 19 heavy (non-hydrogen) atoms. The van der Waals surface area contributed by atoms with Crippen LogP contribution in [0.2, 0.25) is 0 Å². The number of ether oxygens (including phenoxy) is 1. The van der Waals surface area contributed by atoms with E-state index in [4.69, 9.17) is 4.74 Å². The first-order valence-electron chi connectivity index (χ1n) is 6.87. The normalized spacial score (nSPS) is 17.4. The van der Waals surface area contributed by atoms with Gasteiger partial charge in [0.1, 0.15) is 12.4 Å². The van der Waals surface area contributed by atoms with Crippen molar-refractivity contribution >= 4 is 5.91 Å². The summed E-state index contributed by atoms with van der Waals surface area (Å²) in [6, 6.07) is 7.92. The first-order valence-corrected chi connectivity index (χ1v) is 6.87. The molecule has 1 aliphatic carbocycles. The van der Waals surface area contributed by atoms with E-state index in [0.29, 0.717) is 25.5 Å². The molecule has 1 aromatic carbocycles. The zero-order chi connectivity index (χ0) is 13.5. The van der Waals surface area contributed by atoms with Gasteiger partial charge in [-0.3, -0.25) is 4.79 Å². The van der Waals surface area contributed by atoms with Gasteiger partial charge in [0.05, 0.1) is 6.54 Å². The van der Waals surface area contributed by atoms with Crippen LogP contribution in [0.5, 0.6) is 5.75 Å². The summed E-state index contributed by atoms with van der Waals surface area (Å²) in [5.41, 5.74) is 1.21. The van der Waals surface area contributed by atoms with Crippen LogP contribution in [0, 0.1) is 12.8 Å². The third kappa shape index (κ3) is 4.78. The lowest BCUT2D eigenvalue weighted by molar-refractivity contribution is -0.121. The molecular formula is C16H21NO2. The van der Waals surface area contributed by atoms with Crippen molar-refractivity contribution in [1.29, 1.82) is 0 Å². The van der Waals surface area contributed by atoms with Crippen molar-refractivity contribution in [3.63, 3.8) is 0 Å². The van der Waals surface area contributed by atoms with E-state index in [2.05, 4.69) is 17.5 Å². The van der Waals surface area contributed by atoms with E-state index in [1.807, 2.05) is 31.2 Å². The van der Waals surface area contributed by atoms with Crippen LogP contribution in [0.25, 0.3) is 0 Å². The van der Waals surface area contributed by atoms with Gasteiger partial charge in [-0.1, -0.05) is 29.8 Å². The van der Waals surface area contributed by atoms with Crippen LogP contribution in [0.4, 0.5) is 0 Å². The van der Waals surface area contributed by atoms with Crippen molar-refractivity contribution < 1.29 is 9.53 Å². The topological polar surface area (TPSA) is 38.3 Å². The molecule has 0 saturated carbocycles. The predicted octanol–water partition coefficient (Wildman–Crippen LogP) is 2.85. The van der Waals surface area contributed by atoms with Gasteiger partial charge in [0.2, 0.25) is 5.91 Å². The van der Waals surface area contributed by atoms with Crippen molar-refractivity contribution in [1.82, 2.24) is 5.32 Å². The largest absolute Gasteiger partial charge is 0.492 e. The Bertz CT molecular complexity index is 437. The van der Waals surface area contributed by atoms with Crippen molar-refractivity contribution in [2.45, 2.75) is 26.2 Å². The average Bonchev–Trinajstić information content (AvgIpc) is 2.89. The summed E-state index contributed by atoms with van der Waals surface area (Å²) in [5, 5.41) is 2.89. The molecule has 0 fully saturated rings. The van der Waals surface area contributed by atoms with Gasteiger partial charge in [0.15, 0.2) is 0 Å². The Morgan fingerprint density at radius 2 is 2.16 bits per heavy atom. The van der Waals surface area contributed by atoms with Crippen LogP contribution in [0.15, 0.2) is 36.4 Å². The minimum absolute atomic E-state index is 0.115. The molecule has 1 unspecified atom stereocenters. The van der Waals surface area contributed by atoms with Crippen LogP contribution in [0.1, 0.15) is 24.8 Å². The maximum Gasteiger partial charge on any atom is 0.220 e. The Balaban J connectivity index is 1.59. The fourth-order valence-electron chi connectivity index (χ4n) is 2.17. The predicted molar refractivity (Wildman–Crippen MR) is 76.2 cm³/mol. The fourth-order valence-corrected chi connectivity index (χ4v) is 2.17. The van der Waals surface area contributed by atoms with E-state index in [-0.39, 0.29) is 5.91 Å². The standard InChI is InChI=1S/C16H21NO2/c1-13-6-8-15(9-7-13)19-11-10-17-16(18)12-14-4-2-3-5-14/h2,4,6-9,14H,3,5,10-12H2,1H3,(H,17,18). The number of hydrogen-bond donors (Lipinski definition) is 1. The van der Waals surface area contributed by atoms with E-state index in [0.717, 1.165) is 18.6 Å². The van der Waals surface area contributed by atoms with Crippen LogP contribution in [0.3, 0.4) is 0 Å². The van der Waals surface area contributed by atoms with Crippen molar-refractivity contribution in [3.05, 3.63) is 42.0 Å². The molecule has 1 amide bonds. The second kappa shape index (κ2) is 6.98. The molecule has 2 rings (SSSR count). The Labute approximate surface area is 114 Å². The summed E-state index contributed by atoms with van der Waals surface area (Å²) in [6.07, 6.45) is 7.10. The van der Waals surface area contributed by atoms with Gasteiger partial charge in [-0.15, -0.1) is 0 Å². The van der Waals surface area contributed by atoms with E-state index >= 15 is 0 Å². The first-order chi connectivity index (χ1) is 9.24. The van der Waals surface area contributed by atoms with Gasteiger partial charge in [0, 0.05) is 6.42 Å². The Morgan fingerprint density at radius 3 is 2.84 bits per heavy atom. The number of hydrogen-bond acceptors (Lipinski definition) is 2. The van der Waals surface area contributed by atoms with E-state index < -0.39 is 0 Å². The van der Waals surface area contributed by atoms with Crippen molar-refractivity contribution in [2.75, 3.05) is 13.2 Å². The third-order valence-corrected chi connectivity index (χ3v) is 3.27. The maximum absolute atomic E-state index is 11.7. The molecule has 3 heteroatoms. The Morgan fingerprint density at radius 1 is 1.37 bits per heavy atom. The second-order valence-corrected chi connectivity index (χ2v) is 4.98. The zero-order valence-electron chi connectivity index (χ0n) is 11.4. The van der Waals surface area contributed by atoms with Gasteiger partial charge >= 0.3 is 0 Å². The highest BCUT2D eigenvalue weighted by atomic mass is 16.5. The fraction of sp³-hybridized carbons (Fsp3) is 0.438. The average molecular weight is 259 g/mol. The molecule has 1 N–H and O–H groups in total. The summed E-state index contributed by atoms with van der Waals surface area (Å²) >= 11 is 0. The summed E-state index contributed by atoms with van der Waals surface area (Å²) in [5.74, 6) is 1.39. The zero-order valence-corrected chi connectivity index (χ0v) is 11.4. The summed E-state index contributed by atoms with van der Waals surface area (Å²) in [4.78, 5) is 11.7. The van der Waals surface area contributed by atoms with Crippen LogP contribution in [-0.4, -0.2) is 19.1 Å². The number of carbonyl (C=O) groups excluding carboxylic acids is 1. The molecule has 0 radical (unpaired) electrons. The number of allylic oxidation sites excluding steroid dienone is 2. The first kappa shape index (κ1) is 13.7. The summed E-state index contributed by atoms with van der Waals surface area (Å²) in [7, 11) is 0. The van der Waals surface area contributed by atoms with Gasteiger partial charge in [-0.2, -0.15) is 0 Å². The van der Waals surface area contributed by atoms with Gasteiger partial charge in [-0.05, 0) is 37.8 Å². The molecule has 0 aliphatic heterocycles. The second-order valence-electron chi connectivity index (χ2n) is 4.98. The number of nitrogens with one attached hydrogen (secondary N) is 1. The minimum Gasteiger partial charge on any atom is -0.492 e. The molecule has 0 aromatic heterocycles. The Hall–Kier alpha value is -1.77. The molecular weight excluding hydrogens is 238 g/mol. The highest BCUT2D eigenvalue weighted by Crippen LogP contribution is 2.19. The van der Waals surface area contributed by atoms with Crippen molar-refractivity contribution in [2.24, 2.45) is 5.92 Å². The lowest BCUT2D eigenvalue weighted by atomic mass is 10.1. The highest BCUT2D eigenvalue weighted by Gasteiger charge is 2.13. The monoisotopic (exact) mass is 259 g/mol. The maximum atomic E-state index is 11.7. The third-order valence-electron chi connectivity index (χ3n) is 3.27. The summed E-state index contributed by atoms with van der Waals surface area (Å²) < 4.78 is 5.55. The number of aryl methyl sites for hydroxylation is 1. The van der Waals surface area contributed by atoms with E-state index in [1.165, 1.54) is 5.56 Å². The smallest absolute Gasteiger partial charge is 0.220 e. The molecule has 1 atom stereocenters. The highest BCUT2D eigenvalue weighted by molar-refractivity contribution is 5.76. The molecule has 3 nitrogen and oxygen atoms in total.